The second-order valence-corrected chi connectivity index (χ2v) is 4.83. The lowest BCUT2D eigenvalue weighted by Crippen LogP contribution is -2.28. The quantitative estimate of drug-likeness (QED) is 0.910. The topological polar surface area (TPSA) is 43.8 Å². The van der Waals surface area contributed by atoms with Crippen LogP contribution < -0.4 is 5.73 Å². The van der Waals surface area contributed by atoms with E-state index in [4.69, 9.17) is 5.73 Å². The Kier molecular flexibility index (Phi) is 3.17. The maximum Gasteiger partial charge on any atom is 0.160 e. The number of hydrogen-bond acceptors (Lipinski definition) is 2. The van der Waals surface area contributed by atoms with E-state index >= 15 is 0 Å². The molecule has 18 heavy (non-hydrogen) atoms. The van der Waals surface area contributed by atoms with E-state index in [1.165, 1.54) is 10.7 Å². The largest absolute Gasteiger partial charge is 0.330 e. The van der Waals surface area contributed by atoms with Gasteiger partial charge >= 0.3 is 0 Å². The molecule has 2 rings (SSSR count). The summed E-state index contributed by atoms with van der Waals surface area (Å²) >= 11 is 0. The van der Waals surface area contributed by atoms with Crippen molar-refractivity contribution in [2.24, 2.45) is 5.73 Å². The van der Waals surface area contributed by atoms with E-state index in [2.05, 4.69) is 5.10 Å². The van der Waals surface area contributed by atoms with Crippen LogP contribution in [0.5, 0.6) is 0 Å². The molecule has 0 atom stereocenters. The van der Waals surface area contributed by atoms with Crippen LogP contribution in [-0.2, 0) is 5.41 Å². The van der Waals surface area contributed by atoms with E-state index < -0.39 is 11.6 Å². The van der Waals surface area contributed by atoms with Gasteiger partial charge in [0.1, 0.15) is 0 Å². The Hall–Kier alpha value is -1.75. The summed E-state index contributed by atoms with van der Waals surface area (Å²) in [5.41, 5.74) is 6.72. The van der Waals surface area contributed by atoms with E-state index in [0.717, 1.165) is 17.8 Å². The average Bonchev–Trinajstić information content (AvgIpc) is 2.83. The van der Waals surface area contributed by atoms with Gasteiger partial charge in [-0.25, -0.2) is 13.5 Å². The fourth-order valence-corrected chi connectivity index (χ4v) is 1.56. The minimum atomic E-state index is -0.886. The van der Waals surface area contributed by atoms with Gasteiger partial charge in [0.2, 0.25) is 0 Å². The first kappa shape index (κ1) is 12.7. The van der Waals surface area contributed by atoms with Crippen molar-refractivity contribution in [3.63, 3.8) is 0 Å². The minimum Gasteiger partial charge on any atom is -0.330 e. The van der Waals surface area contributed by atoms with Crippen molar-refractivity contribution in [2.45, 2.75) is 19.3 Å². The van der Waals surface area contributed by atoms with Gasteiger partial charge in [-0.3, -0.25) is 0 Å². The molecular formula is C13H15F2N3. The maximum absolute atomic E-state index is 13.1. The standard InChI is InChI=1S/C13H15F2N3/c1-13(2,8-16)12-5-6-18(17-12)9-3-4-10(14)11(15)7-9/h3-7H,8,16H2,1-2H3. The second-order valence-electron chi connectivity index (χ2n) is 4.83. The highest BCUT2D eigenvalue weighted by molar-refractivity contribution is 5.32. The molecule has 5 heteroatoms. The van der Waals surface area contributed by atoms with Gasteiger partial charge in [0.15, 0.2) is 11.6 Å². The van der Waals surface area contributed by atoms with Gasteiger partial charge in [0.05, 0.1) is 11.4 Å². The van der Waals surface area contributed by atoms with Crippen molar-refractivity contribution >= 4 is 0 Å². The average molecular weight is 251 g/mol. The predicted molar refractivity (Wildman–Crippen MR) is 65.6 cm³/mol. The van der Waals surface area contributed by atoms with Crippen LogP contribution in [0.4, 0.5) is 8.78 Å². The van der Waals surface area contributed by atoms with E-state index in [-0.39, 0.29) is 5.41 Å². The summed E-state index contributed by atoms with van der Waals surface area (Å²) in [6, 6.07) is 5.50. The van der Waals surface area contributed by atoms with Crippen LogP contribution in [-0.4, -0.2) is 16.3 Å². The van der Waals surface area contributed by atoms with Crippen LogP contribution in [0.2, 0.25) is 0 Å². The molecule has 0 radical (unpaired) electrons. The van der Waals surface area contributed by atoms with E-state index in [1.54, 1.807) is 6.20 Å². The molecule has 0 bridgehead atoms. The predicted octanol–water partition coefficient (Wildman–Crippen LogP) is 2.39. The summed E-state index contributed by atoms with van der Waals surface area (Å²) in [4.78, 5) is 0. The maximum atomic E-state index is 13.1. The molecule has 2 aromatic rings. The molecule has 0 fully saturated rings. The first-order valence-corrected chi connectivity index (χ1v) is 5.66. The molecule has 2 N–H and O–H groups in total. The molecule has 0 saturated heterocycles. The third kappa shape index (κ3) is 2.26. The zero-order valence-corrected chi connectivity index (χ0v) is 10.3. The molecular weight excluding hydrogens is 236 g/mol. The summed E-state index contributed by atoms with van der Waals surface area (Å²) < 4.78 is 27.5. The fourth-order valence-electron chi connectivity index (χ4n) is 1.56. The molecule has 1 heterocycles. The number of benzene rings is 1. The number of halogens is 2. The zero-order chi connectivity index (χ0) is 13.3. The van der Waals surface area contributed by atoms with E-state index in [9.17, 15) is 8.78 Å². The zero-order valence-electron chi connectivity index (χ0n) is 10.3. The van der Waals surface area contributed by atoms with Crippen molar-refractivity contribution < 1.29 is 8.78 Å². The Morgan fingerprint density at radius 3 is 2.56 bits per heavy atom. The molecule has 0 aliphatic carbocycles. The van der Waals surface area contributed by atoms with Crippen LogP contribution in [0.15, 0.2) is 30.5 Å². The molecule has 3 nitrogen and oxygen atoms in total. The Morgan fingerprint density at radius 1 is 1.22 bits per heavy atom. The SMILES string of the molecule is CC(C)(CN)c1ccn(-c2ccc(F)c(F)c2)n1. The lowest BCUT2D eigenvalue weighted by atomic mass is 9.90. The number of nitrogens with two attached hydrogens (primary N) is 1. The Balaban J connectivity index is 2.38. The number of aromatic nitrogens is 2. The van der Waals surface area contributed by atoms with Crippen LogP contribution in [0.3, 0.4) is 0 Å². The summed E-state index contributed by atoms with van der Waals surface area (Å²) in [6.07, 6.45) is 1.71. The molecule has 1 aromatic heterocycles. The normalized spacial score (nSPS) is 11.8. The van der Waals surface area contributed by atoms with Gasteiger partial charge < -0.3 is 5.73 Å². The van der Waals surface area contributed by atoms with Crippen molar-refractivity contribution in [1.82, 2.24) is 9.78 Å². The van der Waals surface area contributed by atoms with Gasteiger partial charge in [-0.05, 0) is 18.2 Å². The minimum absolute atomic E-state index is 0.246. The highest BCUT2D eigenvalue weighted by Gasteiger charge is 2.21. The molecule has 96 valence electrons. The van der Waals surface area contributed by atoms with Gasteiger partial charge in [-0.15, -0.1) is 0 Å². The van der Waals surface area contributed by atoms with Crippen LogP contribution in [0, 0.1) is 11.6 Å². The van der Waals surface area contributed by atoms with Gasteiger partial charge in [-0.2, -0.15) is 5.10 Å². The van der Waals surface area contributed by atoms with Crippen molar-refractivity contribution in [2.75, 3.05) is 6.54 Å². The van der Waals surface area contributed by atoms with Crippen molar-refractivity contribution in [1.29, 1.82) is 0 Å². The lowest BCUT2D eigenvalue weighted by Gasteiger charge is -2.19. The Labute approximate surface area is 104 Å². The smallest absolute Gasteiger partial charge is 0.160 e. The van der Waals surface area contributed by atoms with Crippen LogP contribution >= 0.6 is 0 Å². The molecule has 1 aromatic carbocycles. The van der Waals surface area contributed by atoms with Gasteiger partial charge in [0.25, 0.3) is 0 Å². The summed E-state index contributed by atoms with van der Waals surface area (Å²) in [5, 5.41) is 4.34. The first-order valence-electron chi connectivity index (χ1n) is 5.66. The fraction of sp³-hybridized carbons (Fsp3) is 0.308. The van der Waals surface area contributed by atoms with Crippen molar-refractivity contribution in [3.8, 4) is 5.69 Å². The van der Waals surface area contributed by atoms with Gasteiger partial charge in [-0.1, -0.05) is 13.8 Å². The summed E-state index contributed by atoms with van der Waals surface area (Å²) in [7, 11) is 0. The highest BCUT2D eigenvalue weighted by atomic mass is 19.2. The first-order chi connectivity index (χ1) is 8.44. The summed E-state index contributed by atoms with van der Waals surface area (Å²) in [5.74, 6) is -1.75. The van der Waals surface area contributed by atoms with Crippen molar-refractivity contribution in [3.05, 3.63) is 47.8 Å². The Bertz CT molecular complexity index is 561. The monoisotopic (exact) mass is 251 g/mol. The molecule has 0 amide bonds. The molecule has 0 aliphatic heterocycles. The number of rotatable bonds is 3. The lowest BCUT2D eigenvalue weighted by molar-refractivity contribution is 0.505. The molecule has 0 aliphatic rings. The molecule has 0 saturated carbocycles. The van der Waals surface area contributed by atoms with Crippen LogP contribution in [0.1, 0.15) is 19.5 Å². The summed E-state index contributed by atoms with van der Waals surface area (Å²) in [6.45, 7) is 4.41. The van der Waals surface area contributed by atoms with E-state index in [0.29, 0.717) is 12.2 Å². The number of nitrogens with zero attached hydrogens (tertiary/aromatic N) is 2. The van der Waals surface area contributed by atoms with E-state index in [1.807, 2.05) is 19.9 Å². The van der Waals surface area contributed by atoms with Crippen LogP contribution in [0.25, 0.3) is 5.69 Å². The molecule has 0 spiro atoms. The number of hydrogen-bond donors (Lipinski definition) is 1. The van der Waals surface area contributed by atoms with Gasteiger partial charge in [0, 0.05) is 24.2 Å². The molecule has 0 unspecified atom stereocenters. The highest BCUT2D eigenvalue weighted by Crippen LogP contribution is 2.21. The Morgan fingerprint density at radius 2 is 1.94 bits per heavy atom. The second kappa shape index (κ2) is 4.49. The third-order valence-corrected chi connectivity index (χ3v) is 2.96. The third-order valence-electron chi connectivity index (χ3n) is 2.96.